The van der Waals surface area contributed by atoms with E-state index in [1.54, 1.807) is 6.92 Å². The van der Waals surface area contributed by atoms with E-state index in [-0.39, 0.29) is 11.2 Å². The number of aryl methyl sites for hydroxylation is 1. The summed E-state index contributed by atoms with van der Waals surface area (Å²) in [4.78, 5) is 7.65. The second kappa shape index (κ2) is 2.87. The zero-order chi connectivity index (χ0) is 10.3. The van der Waals surface area contributed by atoms with Crippen molar-refractivity contribution in [3.8, 4) is 0 Å². The van der Waals surface area contributed by atoms with Gasteiger partial charge in [-0.25, -0.2) is 18.7 Å². The van der Waals surface area contributed by atoms with Crippen molar-refractivity contribution in [2.45, 2.75) is 6.92 Å². The Hall–Kier alpha value is -1.78. The highest BCUT2D eigenvalue weighted by atomic mass is 19.2. The Morgan fingerprint density at radius 2 is 2.07 bits per heavy atom. The van der Waals surface area contributed by atoms with Gasteiger partial charge in [0, 0.05) is 23.3 Å². The largest absolute Gasteiger partial charge is 0.398 e. The Bertz CT molecular complexity index is 511. The minimum Gasteiger partial charge on any atom is -0.398 e. The summed E-state index contributed by atoms with van der Waals surface area (Å²) in [6, 6.07) is 0.927. The van der Waals surface area contributed by atoms with Crippen molar-refractivity contribution >= 4 is 16.6 Å². The van der Waals surface area contributed by atoms with Crippen molar-refractivity contribution in [1.82, 2.24) is 9.97 Å². The molecule has 0 aliphatic rings. The quantitative estimate of drug-likeness (QED) is 0.652. The Balaban J connectivity index is 2.95. The number of nitrogens with two attached hydrogens (primary N) is 1. The molecular weight excluding hydrogens is 188 g/mol. The second-order valence-electron chi connectivity index (χ2n) is 2.94. The lowest BCUT2D eigenvalue weighted by Gasteiger charge is -2.03. The summed E-state index contributed by atoms with van der Waals surface area (Å²) in [6.45, 7) is 1.60. The first-order valence-electron chi connectivity index (χ1n) is 3.96. The smallest absolute Gasteiger partial charge is 0.185 e. The average molecular weight is 195 g/mol. The molecule has 0 saturated heterocycles. The van der Waals surface area contributed by atoms with Gasteiger partial charge in [-0.3, -0.25) is 0 Å². The number of anilines is 1. The lowest BCUT2D eigenvalue weighted by atomic mass is 10.2. The van der Waals surface area contributed by atoms with Crippen molar-refractivity contribution in [2.75, 3.05) is 5.73 Å². The molecule has 72 valence electrons. The number of hydrogen-bond donors (Lipinski definition) is 1. The molecule has 0 atom stereocenters. The monoisotopic (exact) mass is 195 g/mol. The number of nitrogens with zero attached hydrogens (tertiary/aromatic N) is 2. The normalized spacial score (nSPS) is 10.8. The van der Waals surface area contributed by atoms with Crippen molar-refractivity contribution in [3.63, 3.8) is 0 Å². The Kier molecular flexibility index (Phi) is 1.80. The van der Waals surface area contributed by atoms with E-state index in [2.05, 4.69) is 9.97 Å². The van der Waals surface area contributed by atoms with Gasteiger partial charge in [0.15, 0.2) is 11.6 Å². The predicted molar refractivity (Wildman–Crippen MR) is 48.6 cm³/mol. The SMILES string of the molecule is Cc1ncc2c(N)cc(F)c(F)c2n1. The molecule has 0 saturated carbocycles. The molecule has 0 amide bonds. The molecule has 0 spiro atoms. The molecule has 0 aliphatic heterocycles. The molecule has 5 heteroatoms. The third-order valence-corrected chi connectivity index (χ3v) is 1.92. The van der Waals surface area contributed by atoms with E-state index in [0.29, 0.717) is 11.2 Å². The molecule has 1 aromatic carbocycles. The fourth-order valence-corrected chi connectivity index (χ4v) is 1.24. The molecule has 0 bridgehead atoms. The van der Waals surface area contributed by atoms with Gasteiger partial charge in [0.2, 0.25) is 0 Å². The van der Waals surface area contributed by atoms with E-state index in [9.17, 15) is 8.78 Å². The minimum atomic E-state index is -0.992. The topological polar surface area (TPSA) is 51.8 Å². The molecule has 0 unspecified atom stereocenters. The molecule has 14 heavy (non-hydrogen) atoms. The summed E-state index contributed by atoms with van der Waals surface area (Å²) in [5, 5.41) is 0.328. The van der Waals surface area contributed by atoms with Crippen molar-refractivity contribution in [3.05, 3.63) is 29.7 Å². The summed E-state index contributed by atoms with van der Waals surface area (Å²) in [7, 11) is 0. The summed E-state index contributed by atoms with van der Waals surface area (Å²) < 4.78 is 26.2. The lowest BCUT2D eigenvalue weighted by molar-refractivity contribution is 0.515. The van der Waals surface area contributed by atoms with Crippen LogP contribution >= 0.6 is 0 Å². The van der Waals surface area contributed by atoms with E-state index < -0.39 is 11.6 Å². The Morgan fingerprint density at radius 3 is 2.79 bits per heavy atom. The van der Waals surface area contributed by atoms with E-state index in [4.69, 9.17) is 5.73 Å². The zero-order valence-corrected chi connectivity index (χ0v) is 7.38. The fourth-order valence-electron chi connectivity index (χ4n) is 1.24. The molecule has 3 nitrogen and oxygen atoms in total. The van der Waals surface area contributed by atoms with Gasteiger partial charge >= 0.3 is 0 Å². The zero-order valence-electron chi connectivity index (χ0n) is 7.38. The predicted octanol–water partition coefficient (Wildman–Crippen LogP) is 1.80. The van der Waals surface area contributed by atoms with Crippen LogP contribution in [0, 0.1) is 18.6 Å². The van der Waals surface area contributed by atoms with Crippen molar-refractivity contribution in [2.24, 2.45) is 0 Å². The van der Waals surface area contributed by atoms with Gasteiger partial charge in [-0.15, -0.1) is 0 Å². The number of fused-ring (bicyclic) bond motifs is 1. The Morgan fingerprint density at radius 1 is 1.36 bits per heavy atom. The van der Waals surface area contributed by atoms with Crippen molar-refractivity contribution < 1.29 is 8.78 Å². The fraction of sp³-hybridized carbons (Fsp3) is 0.111. The highest BCUT2D eigenvalue weighted by molar-refractivity contribution is 5.89. The molecular formula is C9H7F2N3. The highest BCUT2D eigenvalue weighted by Crippen LogP contribution is 2.23. The van der Waals surface area contributed by atoms with Crippen molar-refractivity contribution in [1.29, 1.82) is 0 Å². The van der Waals surface area contributed by atoms with Crippen LogP contribution in [0.1, 0.15) is 5.82 Å². The van der Waals surface area contributed by atoms with Crippen LogP contribution in [-0.2, 0) is 0 Å². The molecule has 2 aromatic rings. The summed E-state index contributed by atoms with van der Waals surface area (Å²) in [5.74, 6) is -1.60. The van der Waals surface area contributed by atoms with Gasteiger partial charge in [0.1, 0.15) is 11.3 Å². The first-order valence-corrected chi connectivity index (χ1v) is 3.96. The number of hydrogen-bond acceptors (Lipinski definition) is 3. The maximum absolute atomic E-state index is 13.2. The molecule has 2 N–H and O–H groups in total. The molecule has 0 fully saturated rings. The van der Waals surface area contributed by atoms with E-state index >= 15 is 0 Å². The van der Waals surface area contributed by atoms with Crippen LogP contribution in [0.15, 0.2) is 12.3 Å². The van der Waals surface area contributed by atoms with Crippen LogP contribution in [0.25, 0.3) is 10.9 Å². The maximum atomic E-state index is 13.2. The van der Waals surface area contributed by atoms with Crippen LogP contribution < -0.4 is 5.73 Å². The van der Waals surface area contributed by atoms with Gasteiger partial charge in [0.25, 0.3) is 0 Å². The van der Waals surface area contributed by atoms with Crippen LogP contribution in [0.3, 0.4) is 0 Å². The van der Waals surface area contributed by atoms with E-state index in [1.807, 2.05) is 0 Å². The third kappa shape index (κ3) is 1.17. The summed E-state index contributed by atoms with van der Waals surface area (Å²) in [6.07, 6.45) is 1.38. The first kappa shape index (κ1) is 8.80. The summed E-state index contributed by atoms with van der Waals surface area (Å²) in [5.41, 5.74) is 5.55. The van der Waals surface area contributed by atoms with Gasteiger partial charge in [-0.1, -0.05) is 0 Å². The molecule has 1 aromatic heterocycles. The number of aromatic nitrogens is 2. The Labute approximate surface area is 78.6 Å². The van der Waals surface area contributed by atoms with Crippen LogP contribution in [0.4, 0.5) is 14.5 Å². The summed E-state index contributed by atoms with van der Waals surface area (Å²) >= 11 is 0. The number of benzene rings is 1. The number of nitrogen functional groups attached to an aromatic ring is 1. The maximum Gasteiger partial charge on any atom is 0.185 e. The van der Waals surface area contributed by atoms with Crippen LogP contribution in [-0.4, -0.2) is 9.97 Å². The van der Waals surface area contributed by atoms with E-state index in [0.717, 1.165) is 6.07 Å². The molecule has 2 rings (SSSR count). The lowest BCUT2D eigenvalue weighted by Crippen LogP contribution is -1.98. The average Bonchev–Trinajstić information content (AvgIpc) is 2.14. The van der Waals surface area contributed by atoms with Crippen LogP contribution in [0.2, 0.25) is 0 Å². The third-order valence-electron chi connectivity index (χ3n) is 1.92. The standard InChI is InChI=1S/C9H7F2N3/c1-4-13-3-5-7(12)2-6(10)8(11)9(5)14-4/h2-3H,12H2,1H3. The van der Waals surface area contributed by atoms with Gasteiger partial charge < -0.3 is 5.73 Å². The highest BCUT2D eigenvalue weighted by Gasteiger charge is 2.11. The van der Waals surface area contributed by atoms with E-state index in [1.165, 1.54) is 6.20 Å². The molecule has 1 heterocycles. The minimum absolute atomic E-state index is 0.0741. The van der Waals surface area contributed by atoms with Crippen LogP contribution in [0.5, 0.6) is 0 Å². The van der Waals surface area contributed by atoms with Gasteiger partial charge in [0.05, 0.1) is 0 Å². The molecule has 0 aliphatic carbocycles. The number of halogens is 2. The second-order valence-corrected chi connectivity index (χ2v) is 2.94. The molecule has 0 radical (unpaired) electrons. The van der Waals surface area contributed by atoms with Gasteiger partial charge in [-0.2, -0.15) is 0 Å². The van der Waals surface area contributed by atoms with Gasteiger partial charge in [-0.05, 0) is 6.92 Å². The number of rotatable bonds is 0. The first-order chi connectivity index (χ1) is 6.59.